The van der Waals surface area contributed by atoms with Crippen LogP contribution in [0.5, 0.6) is 0 Å². The Bertz CT molecular complexity index is 3410. The van der Waals surface area contributed by atoms with Crippen LogP contribution in [0.3, 0.4) is 0 Å². The number of nitrogens with zero attached hydrogens (tertiary/aromatic N) is 5. The van der Waals surface area contributed by atoms with Crippen LogP contribution < -0.4 is 18.3 Å². The summed E-state index contributed by atoms with van der Waals surface area (Å²) in [6, 6.07) is 6.65. The van der Waals surface area contributed by atoms with Crippen molar-refractivity contribution in [3.05, 3.63) is 72.2 Å². The zero-order valence-electron chi connectivity index (χ0n) is 41.3. The van der Waals surface area contributed by atoms with Gasteiger partial charge in [-0.2, -0.15) is 79.0 Å². The van der Waals surface area contributed by atoms with Gasteiger partial charge >= 0.3 is 57.9 Å². The van der Waals surface area contributed by atoms with Crippen molar-refractivity contribution in [3.63, 3.8) is 0 Å². The van der Waals surface area contributed by atoms with Crippen LogP contribution in [-0.4, -0.2) is 88.1 Å². The average Bonchev–Trinajstić information content (AvgIpc) is 3.63. The summed E-state index contributed by atoms with van der Waals surface area (Å²) in [4.78, 5) is -7.72. The third-order valence-electron chi connectivity index (χ3n) is 10.1. The summed E-state index contributed by atoms with van der Waals surface area (Å²) in [5.41, 5.74) is -35.6. The number of hydrogen-bond acceptors (Lipinski definition) is 12. The summed E-state index contributed by atoms with van der Waals surface area (Å²) in [6.07, 6.45) is 4.53. The van der Waals surface area contributed by atoms with Gasteiger partial charge in [0, 0.05) is 57.9 Å². The Kier molecular flexibility index (Phi) is 22.5. The van der Waals surface area contributed by atoms with E-state index in [1.165, 1.54) is 5.69 Å². The van der Waals surface area contributed by atoms with Crippen molar-refractivity contribution in [2.24, 2.45) is 7.05 Å². The summed E-state index contributed by atoms with van der Waals surface area (Å²) in [7, 11) is -36.8. The maximum Gasteiger partial charge on any atom is 0.509 e. The highest BCUT2D eigenvalue weighted by Crippen LogP contribution is 2.41. The van der Waals surface area contributed by atoms with Crippen molar-refractivity contribution in [3.8, 4) is 0 Å². The Morgan fingerprint density at radius 1 is 0.405 bits per heavy atom. The zero-order chi connectivity index (χ0) is 62.7. The second-order valence-corrected chi connectivity index (χ2v) is 26.8. The quantitative estimate of drug-likeness (QED) is 0.106. The number of sulfone groups is 6. The van der Waals surface area contributed by atoms with E-state index in [-0.39, 0.29) is 40.6 Å². The van der Waals surface area contributed by atoms with Gasteiger partial charge in [-0.15, -0.1) is 0 Å². The molecule has 0 unspecified atom stereocenters. The first kappa shape index (κ1) is 72.1. The standard InChI is InChI=1S/2C11H12F6NO4S2.C8H9F6N2O4S2.C8H12N/c2*1-3-5-18-6-4-8(23(19,20)10(12,13)14)9(7(18)2)24(21,22)11(15,16)17;1-3-16-4-5(21(17,18)7(9,10)11)15(2)6(16)22(19,20)8(12,13)14;1-3-9-7-5-4-6-8(9)2/h2*4,6H,3,5H2,1-2H3;4H,3H2,1-2H3;4-7H,3H2,1-2H3/q4*+1. The molecule has 0 aromatic carbocycles. The molecular formula is C38H45F18N5O12S6+4. The minimum atomic E-state index is -6.32. The van der Waals surface area contributed by atoms with E-state index in [0.29, 0.717) is 19.9 Å². The van der Waals surface area contributed by atoms with E-state index in [1.54, 1.807) is 13.8 Å². The van der Waals surface area contributed by atoms with Gasteiger partial charge in [0.15, 0.2) is 51.7 Å². The highest BCUT2D eigenvalue weighted by Gasteiger charge is 2.60. The van der Waals surface area contributed by atoms with E-state index in [1.807, 2.05) is 0 Å². The molecule has 0 amide bonds. The van der Waals surface area contributed by atoms with Gasteiger partial charge in [0.25, 0.3) is 44.4 Å². The molecule has 0 spiro atoms. The van der Waals surface area contributed by atoms with Crippen LogP contribution in [0.4, 0.5) is 79.0 Å². The monoisotopic (exact) mass is 1300 g/mol. The van der Waals surface area contributed by atoms with Gasteiger partial charge < -0.3 is 0 Å². The summed E-state index contributed by atoms with van der Waals surface area (Å²) in [5.74, 6) is 0. The Hall–Kier alpha value is -4.90. The van der Waals surface area contributed by atoms with Crippen LogP contribution in [0.1, 0.15) is 57.6 Å². The normalized spacial score (nSPS) is 13.6. The van der Waals surface area contributed by atoms with E-state index in [9.17, 15) is 130 Å². The van der Waals surface area contributed by atoms with Crippen LogP contribution in [-0.2, 0) is 92.3 Å². The maximum atomic E-state index is 12.8. The van der Waals surface area contributed by atoms with Gasteiger partial charge in [-0.05, 0) is 13.8 Å². The van der Waals surface area contributed by atoms with E-state index in [4.69, 9.17) is 0 Å². The third kappa shape index (κ3) is 15.2. The number of alkyl halides is 18. The second-order valence-electron chi connectivity index (χ2n) is 15.5. The van der Waals surface area contributed by atoms with Crippen LogP contribution in [0, 0.1) is 20.8 Å². The number of rotatable bonds is 12. The number of imidazole rings is 1. The first-order valence-corrected chi connectivity index (χ1v) is 30.0. The van der Waals surface area contributed by atoms with Crippen molar-refractivity contribution in [1.29, 1.82) is 0 Å². The maximum absolute atomic E-state index is 12.8. The summed E-state index contributed by atoms with van der Waals surface area (Å²) < 4.78 is 370. The van der Waals surface area contributed by atoms with Crippen LogP contribution in [0.2, 0.25) is 0 Å². The molecule has 0 saturated carbocycles. The SMILES string of the molecule is CCC[n+]1ccc(S(=O)(=O)C(F)(F)F)c(S(=O)(=O)C(F)(F)F)c1C.CCC[n+]1ccc(S(=O)(=O)C(F)(F)F)c(S(=O)(=O)C(F)(F)F)c1C.CC[n+]1cc(S(=O)(=O)C(F)(F)F)n(C)c1S(=O)(=O)C(F)(F)F.CC[n+]1ccccc1C. The fourth-order valence-electron chi connectivity index (χ4n) is 6.34. The molecule has 0 radical (unpaired) electrons. The van der Waals surface area contributed by atoms with Gasteiger partial charge in [0.05, 0.1) is 13.6 Å². The predicted octanol–water partition coefficient (Wildman–Crippen LogP) is 6.78. The molecule has 0 aliphatic rings. The average molecular weight is 1300 g/mol. The molecule has 0 saturated heterocycles. The Labute approximate surface area is 439 Å². The molecule has 4 heterocycles. The van der Waals surface area contributed by atoms with E-state index in [0.717, 1.165) is 48.8 Å². The van der Waals surface area contributed by atoms with Gasteiger partial charge in [-0.3, -0.25) is 0 Å². The number of aryl methyl sites for hydroxylation is 5. The molecule has 452 valence electrons. The summed E-state index contributed by atoms with van der Waals surface area (Å²) in [5, 5.41) is -3.21. The van der Waals surface area contributed by atoms with Gasteiger partial charge in [0.1, 0.15) is 29.4 Å². The molecule has 79 heavy (non-hydrogen) atoms. The smallest absolute Gasteiger partial charge is 0.219 e. The molecule has 0 bridgehead atoms. The molecule has 17 nitrogen and oxygen atoms in total. The van der Waals surface area contributed by atoms with Crippen LogP contribution in [0.15, 0.2) is 84.9 Å². The van der Waals surface area contributed by atoms with Gasteiger partial charge in [-0.1, -0.05) is 19.9 Å². The fourth-order valence-corrected chi connectivity index (χ4v) is 13.7. The largest absolute Gasteiger partial charge is 0.509 e. The topological polar surface area (TPSA) is 225 Å². The number of halogens is 18. The highest BCUT2D eigenvalue weighted by atomic mass is 32.2. The molecule has 41 heteroatoms. The molecule has 0 aliphatic heterocycles. The van der Waals surface area contributed by atoms with E-state index >= 15 is 0 Å². The highest BCUT2D eigenvalue weighted by molar-refractivity contribution is 7.96. The van der Waals surface area contributed by atoms with Crippen molar-refractivity contribution < 1.29 is 148 Å². The fraction of sp³-hybridized carbons (Fsp3) is 0.526. The molecule has 0 aliphatic carbocycles. The van der Waals surface area contributed by atoms with E-state index < -0.39 is 140 Å². The minimum absolute atomic E-state index is 0.0153. The lowest BCUT2D eigenvalue weighted by atomic mass is 10.3. The van der Waals surface area contributed by atoms with Gasteiger partial charge in [-0.25, -0.2) is 73.3 Å². The zero-order valence-corrected chi connectivity index (χ0v) is 46.2. The summed E-state index contributed by atoms with van der Waals surface area (Å²) in [6.45, 7) is 10.7. The first-order valence-electron chi connectivity index (χ1n) is 21.1. The Morgan fingerprint density at radius 3 is 0.975 bits per heavy atom. The van der Waals surface area contributed by atoms with E-state index in [2.05, 4.69) is 42.8 Å². The molecule has 4 aromatic rings. The number of pyridine rings is 3. The number of hydrogen-bond donors (Lipinski definition) is 0. The molecule has 4 aromatic heterocycles. The van der Waals surface area contributed by atoms with Crippen molar-refractivity contribution in [1.82, 2.24) is 4.57 Å². The second kappa shape index (κ2) is 24.7. The van der Waals surface area contributed by atoms with Gasteiger partial charge in [0.2, 0.25) is 0 Å². The van der Waals surface area contributed by atoms with Crippen molar-refractivity contribution in [2.45, 2.75) is 150 Å². The lowest BCUT2D eigenvalue weighted by Gasteiger charge is -2.15. The molecular weight excluding hydrogens is 1250 g/mol. The van der Waals surface area contributed by atoms with Crippen molar-refractivity contribution >= 4 is 59.0 Å². The molecule has 0 fully saturated rings. The molecule has 4 rings (SSSR count). The molecule has 0 N–H and O–H groups in total. The number of aromatic nitrogens is 5. The predicted molar refractivity (Wildman–Crippen MR) is 231 cm³/mol. The Balaban J connectivity index is 0.000000548. The van der Waals surface area contributed by atoms with Crippen LogP contribution in [0.25, 0.3) is 0 Å². The van der Waals surface area contributed by atoms with Crippen LogP contribution >= 0.6 is 0 Å². The Morgan fingerprint density at radius 2 is 0.722 bits per heavy atom. The summed E-state index contributed by atoms with van der Waals surface area (Å²) >= 11 is 0. The first-order chi connectivity index (χ1) is 35.1. The third-order valence-corrected chi connectivity index (χ3v) is 19.9. The lowest BCUT2D eigenvalue weighted by molar-refractivity contribution is -0.731. The lowest BCUT2D eigenvalue weighted by Crippen LogP contribution is -2.41. The minimum Gasteiger partial charge on any atom is -0.219 e. The van der Waals surface area contributed by atoms with Crippen molar-refractivity contribution in [2.75, 3.05) is 0 Å². The molecule has 0 atom stereocenters.